The van der Waals surface area contributed by atoms with Gasteiger partial charge in [0.15, 0.2) is 0 Å². The summed E-state index contributed by atoms with van der Waals surface area (Å²) in [5.74, 6) is -0.962. The molecule has 0 N–H and O–H groups in total. The average molecular weight is 243 g/mol. The number of rotatable bonds is 1. The Hall–Kier alpha value is -2.03. The van der Waals surface area contributed by atoms with E-state index in [4.69, 9.17) is 5.26 Å². The number of ether oxygens (including phenoxy) is 1. The molecule has 0 aromatic heterocycles. The highest BCUT2D eigenvalue weighted by Crippen LogP contribution is 2.32. The number of nitriles is 1. The standard InChI is InChI=1S/C11H8F3NO2/c1-6-3-7(11(12,13)14)4-8(9(6)5-15)10(16)17-2/h3-4H,1-2H3. The predicted octanol–water partition coefficient (Wildman–Crippen LogP) is 2.67. The third kappa shape index (κ3) is 2.56. The van der Waals surface area contributed by atoms with Gasteiger partial charge in [-0.1, -0.05) is 0 Å². The topological polar surface area (TPSA) is 50.1 Å². The van der Waals surface area contributed by atoms with Gasteiger partial charge in [0.25, 0.3) is 0 Å². The van der Waals surface area contributed by atoms with Crippen LogP contribution in [0.3, 0.4) is 0 Å². The molecule has 0 saturated heterocycles. The second-order valence-electron chi connectivity index (χ2n) is 3.32. The summed E-state index contributed by atoms with van der Waals surface area (Å²) in [6, 6.07) is 3.14. The first kappa shape index (κ1) is 13.0. The van der Waals surface area contributed by atoms with Crippen molar-refractivity contribution in [2.45, 2.75) is 13.1 Å². The zero-order valence-electron chi connectivity index (χ0n) is 9.05. The van der Waals surface area contributed by atoms with Crippen molar-refractivity contribution in [1.29, 1.82) is 5.26 Å². The molecule has 0 atom stereocenters. The first-order valence-electron chi connectivity index (χ1n) is 4.51. The second kappa shape index (κ2) is 4.45. The quantitative estimate of drug-likeness (QED) is 0.712. The van der Waals surface area contributed by atoms with Crippen molar-refractivity contribution in [3.8, 4) is 6.07 Å². The molecule has 0 radical (unpaired) electrons. The van der Waals surface area contributed by atoms with E-state index in [2.05, 4.69) is 4.74 Å². The molecule has 0 spiro atoms. The Labute approximate surface area is 95.4 Å². The van der Waals surface area contributed by atoms with Gasteiger partial charge in [-0.3, -0.25) is 0 Å². The number of methoxy groups -OCH3 is 1. The molecule has 0 aliphatic rings. The minimum Gasteiger partial charge on any atom is -0.465 e. The molecule has 0 saturated carbocycles. The van der Waals surface area contributed by atoms with E-state index in [0.717, 1.165) is 13.2 Å². The molecule has 1 aromatic carbocycles. The number of benzene rings is 1. The number of aryl methyl sites for hydroxylation is 1. The van der Waals surface area contributed by atoms with E-state index < -0.39 is 17.7 Å². The number of alkyl halides is 3. The average Bonchev–Trinajstić information content (AvgIpc) is 2.25. The van der Waals surface area contributed by atoms with E-state index in [1.165, 1.54) is 6.92 Å². The van der Waals surface area contributed by atoms with Crippen molar-refractivity contribution in [1.82, 2.24) is 0 Å². The van der Waals surface area contributed by atoms with Crippen LogP contribution in [0.5, 0.6) is 0 Å². The van der Waals surface area contributed by atoms with Crippen LogP contribution in [0.4, 0.5) is 13.2 Å². The maximum Gasteiger partial charge on any atom is 0.416 e. The lowest BCUT2D eigenvalue weighted by Crippen LogP contribution is -2.11. The van der Waals surface area contributed by atoms with Crippen molar-refractivity contribution >= 4 is 5.97 Å². The third-order valence-electron chi connectivity index (χ3n) is 2.18. The molecule has 0 amide bonds. The minimum atomic E-state index is -4.57. The van der Waals surface area contributed by atoms with Gasteiger partial charge in [-0.25, -0.2) is 4.79 Å². The predicted molar refractivity (Wildman–Crippen MR) is 52.2 cm³/mol. The number of halogens is 3. The van der Waals surface area contributed by atoms with Gasteiger partial charge in [-0.2, -0.15) is 18.4 Å². The summed E-state index contributed by atoms with van der Waals surface area (Å²) >= 11 is 0. The van der Waals surface area contributed by atoms with Gasteiger partial charge in [-0.05, 0) is 24.6 Å². The van der Waals surface area contributed by atoms with Gasteiger partial charge in [-0.15, -0.1) is 0 Å². The molecule has 0 bridgehead atoms. The van der Waals surface area contributed by atoms with Crippen LogP contribution in [0, 0.1) is 18.3 Å². The van der Waals surface area contributed by atoms with E-state index in [1.54, 1.807) is 6.07 Å². The van der Waals surface area contributed by atoms with E-state index in [-0.39, 0.29) is 16.7 Å². The fourth-order valence-corrected chi connectivity index (χ4v) is 1.37. The first-order chi connectivity index (χ1) is 7.81. The van der Waals surface area contributed by atoms with Crippen molar-refractivity contribution < 1.29 is 22.7 Å². The molecular weight excluding hydrogens is 235 g/mol. The largest absolute Gasteiger partial charge is 0.465 e. The molecule has 17 heavy (non-hydrogen) atoms. The Morgan fingerprint density at radius 3 is 2.41 bits per heavy atom. The Bertz CT molecular complexity index is 501. The zero-order chi connectivity index (χ0) is 13.2. The summed E-state index contributed by atoms with van der Waals surface area (Å²) in [5.41, 5.74) is -1.37. The van der Waals surface area contributed by atoms with Gasteiger partial charge >= 0.3 is 12.1 Å². The van der Waals surface area contributed by atoms with Crippen molar-refractivity contribution in [2.75, 3.05) is 7.11 Å². The summed E-state index contributed by atoms with van der Waals surface area (Å²) in [6.45, 7) is 1.33. The van der Waals surface area contributed by atoms with Crippen LogP contribution in [0.15, 0.2) is 12.1 Å². The van der Waals surface area contributed by atoms with Gasteiger partial charge in [0, 0.05) is 0 Å². The van der Waals surface area contributed by atoms with Crippen LogP contribution in [0.1, 0.15) is 27.0 Å². The number of hydrogen-bond donors (Lipinski definition) is 0. The zero-order valence-corrected chi connectivity index (χ0v) is 9.05. The Kier molecular flexibility index (Phi) is 3.42. The monoisotopic (exact) mass is 243 g/mol. The van der Waals surface area contributed by atoms with Crippen molar-refractivity contribution in [3.05, 3.63) is 34.4 Å². The fourth-order valence-electron chi connectivity index (χ4n) is 1.37. The Morgan fingerprint density at radius 2 is 2.00 bits per heavy atom. The molecule has 1 rings (SSSR count). The van der Waals surface area contributed by atoms with E-state index >= 15 is 0 Å². The van der Waals surface area contributed by atoms with Crippen LogP contribution in [-0.2, 0) is 10.9 Å². The lowest BCUT2D eigenvalue weighted by molar-refractivity contribution is -0.137. The molecule has 0 aliphatic heterocycles. The highest BCUT2D eigenvalue weighted by atomic mass is 19.4. The molecule has 0 unspecified atom stereocenters. The number of carbonyl (C=O) groups excluding carboxylic acids is 1. The SMILES string of the molecule is COC(=O)c1cc(C(F)(F)F)cc(C)c1C#N. The summed E-state index contributed by atoms with van der Waals surface area (Å²) in [4.78, 5) is 11.3. The van der Waals surface area contributed by atoms with Crippen LogP contribution in [-0.4, -0.2) is 13.1 Å². The van der Waals surface area contributed by atoms with Gasteiger partial charge in [0.2, 0.25) is 0 Å². The van der Waals surface area contributed by atoms with E-state index in [9.17, 15) is 18.0 Å². The first-order valence-corrected chi connectivity index (χ1v) is 4.51. The highest BCUT2D eigenvalue weighted by Gasteiger charge is 2.32. The lowest BCUT2D eigenvalue weighted by Gasteiger charge is -2.11. The molecule has 1 aromatic rings. The third-order valence-corrected chi connectivity index (χ3v) is 2.18. The highest BCUT2D eigenvalue weighted by molar-refractivity contribution is 5.92. The van der Waals surface area contributed by atoms with Crippen LogP contribution in [0.2, 0.25) is 0 Å². The summed E-state index contributed by atoms with van der Waals surface area (Å²) in [7, 11) is 1.04. The fraction of sp³-hybridized carbons (Fsp3) is 0.273. The minimum absolute atomic E-state index is 0.0859. The summed E-state index contributed by atoms with van der Waals surface area (Å²) in [5, 5.41) is 8.80. The Morgan fingerprint density at radius 1 is 1.41 bits per heavy atom. The van der Waals surface area contributed by atoms with Crippen LogP contribution >= 0.6 is 0 Å². The van der Waals surface area contributed by atoms with Crippen molar-refractivity contribution in [3.63, 3.8) is 0 Å². The number of carbonyl (C=O) groups is 1. The van der Waals surface area contributed by atoms with Gasteiger partial charge in [0.1, 0.15) is 6.07 Å². The molecule has 0 fully saturated rings. The molecule has 0 aliphatic carbocycles. The maximum absolute atomic E-state index is 12.5. The Balaban J connectivity index is 3.51. The molecule has 6 heteroatoms. The molecule has 0 heterocycles. The number of hydrogen-bond acceptors (Lipinski definition) is 3. The normalized spacial score (nSPS) is 10.8. The van der Waals surface area contributed by atoms with Crippen LogP contribution < -0.4 is 0 Å². The smallest absolute Gasteiger partial charge is 0.416 e. The maximum atomic E-state index is 12.5. The second-order valence-corrected chi connectivity index (χ2v) is 3.32. The van der Waals surface area contributed by atoms with Crippen LogP contribution in [0.25, 0.3) is 0 Å². The number of nitrogens with zero attached hydrogens (tertiary/aromatic N) is 1. The molecule has 3 nitrogen and oxygen atoms in total. The van der Waals surface area contributed by atoms with Crippen molar-refractivity contribution in [2.24, 2.45) is 0 Å². The van der Waals surface area contributed by atoms with E-state index in [0.29, 0.717) is 6.07 Å². The molecule has 90 valence electrons. The summed E-state index contributed by atoms with van der Waals surface area (Å²) < 4.78 is 41.9. The summed E-state index contributed by atoms with van der Waals surface area (Å²) in [6.07, 6.45) is -4.57. The number of esters is 1. The lowest BCUT2D eigenvalue weighted by atomic mass is 9.99. The molecular formula is C11H8F3NO2. The van der Waals surface area contributed by atoms with Gasteiger partial charge in [0.05, 0.1) is 23.8 Å². The van der Waals surface area contributed by atoms with Gasteiger partial charge < -0.3 is 4.74 Å². The van der Waals surface area contributed by atoms with E-state index in [1.807, 2.05) is 0 Å².